The van der Waals surface area contributed by atoms with E-state index < -0.39 is 5.91 Å². The predicted octanol–water partition coefficient (Wildman–Crippen LogP) is 1.73. The molecule has 1 aromatic carbocycles. The first kappa shape index (κ1) is 10.4. The van der Waals surface area contributed by atoms with Gasteiger partial charge >= 0.3 is 0 Å². The van der Waals surface area contributed by atoms with Crippen LogP contribution in [0.3, 0.4) is 0 Å². The summed E-state index contributed by atoms with van der Waals surface area (Å²) in [5, 5.41) is 0.875. The maximum atomic E-state index is 11.2. The maximum absolute atomic E-state index is 11.2. The topological polar surface area (TPSA) is 65.2 Å². The zero-order valence-electron chi connectivity index (χ0n) is 8.93. The zero-order chi connectivity index (χ0) is 11.5. The van der Waals surface area contributed by atoms with E-state index in [-0.39, 0.29) is 0 Å². The van der Waals surface area contributed by atoms with Crippen molar-refractivity contribution in [2.24, 2.45) is 5.73 Å². The minimum atomic E-state index is -0.526. The van der Waals surface area contributed by atoms with Crippen LogP contribution >= 0.6 is 0 Å². The molecular formula is C12H12N2O2. The fourth-order valence-electron chi connectivity index (χ4n) is 1.52. The van der Waals surface area contributed by atoms with Crippen molar-refractivity contribution in [3.05, 3.63) is 35.9 Å². The smallest absolute Gasteiger partial charge is 0.254 e. The summed E-state index contributed by atoms with van der Waals surface area (Å²) < 4.78 is 5.29. The first-order valence-corrected chi connectivity index (χ1v) is 5.04. The number of benzene rings is 1. The molecule has 0 aliphatic carbocycles. The van der Waals surface area contributed by atoms with E-state index in [4.69, 9.17) is 10.5 Å². The molecule has 0 spiro atoms. The molecule has 0 unspecified atom stereocenters. The predicted molar refractivity (Wildman–Crippen MR) is 61.4 cm³/mol. The van der Waals surface area contributed by atoms with Gasteiger partial charge in [0.05, 0.1) is 12.1 Å². The second-order valence-electron chi connectivity index (χ2n) is 3.33. The molecule has 0 aliphatic rings. The van der Waals surface area contributed by atoms with Crippen molar-refractivity contribution >= 4 is 16.8 Å². The Morgan fingerprint density at radius 1 is 1.44 bits per heavy atom. The zero-order valence-corrected chi connectivity index (χ0v) is 8.93. The minimum Gasteiger partial charge on any atom is -0.477 e. The van der Waals surface area contributed by atoms with Gasteiger partial charge in [-0.3, -0.25) is 4.79 Å². The molecule has 16 heavy (non-hydrogen) atoms. The van der Waals surface area contributed by atoms with Crippen LogP contribution in [0.5, 0.6) is 5.88 Å². The summed E-state index contributed by atoms with van der Waals surface area (Å²) in [4.78, 5) is 15.5. The first-order valence-electron chi connectivity index (χ1n) is 5.04. The maximum Gasteiger partial charge on any atom is 0.254 e. The number of nitrogens with zero attached hydrogens (tertiary/aromatic N) is 1. The molecule has 0 atom stereocenters. The lowest BCUT2D eigenvalue weighted by Crippen LogP contribution is -2.14. The average Bonchev–Trinajstić information content (AvgIpc) is 2.28. The summed E-state index contributed by atoms with van der Waals surface area (Å²) in [6, 6.07) is 9.22. The van der Waals surface area contributed by atoms with E-state index in [2.05, 4.69) is 4.98 Å². The third kappa shape index (κ3) is 1.82. The number of carbonyl (C=O) groups is 1. The lowest BCUT2D eigenvalue weighted by Gasteiger charge is -2.07. The van der Waals surface area contributed by atoms with E-state index in [9.17, 15) is 4.79 Å². The summed E-state index contributed by atoms with van der Waals surface area (Å²) in [5.41, 5.74) is 6.38. The number of carbonyl (C=O) groups excluding carboxylic acids is 1. The normalized spacial score (nSPS) is 10.3. The molecule has 82 valence electrons. The Kier molecular flexibility index (Phi) is 2.72. The monoisotopic (exact) mass is 216 g/mol. The lowest BCUT2D eigenvalue weighted by atomic mass is 10.1. The summed E-state index contributed by atoms with van der Waals surface area (Å²) in [6.07, 6.45) is 0. The lowest BCUT2D eigenvalue weighted by molar-refractivity contribution is 0.0996. The van der Waals surface area contributed by atoms with Crippen molar-refractivity contribution in [1.29, 1.82) is 0 Å². The molecule has 0 fully saturated rings. The van der Waals surface area contributed by atoms with Crippen LogP contribution in [-0.2, 0) is 0 Å². The molecule has 1 aromatic heterocycles. The molecule has 0 saturated carbocycles. The van der Waals surface area contributed by atoms with Crippen LogP contribution < -0.4 is 10.5 Å². The SMILES string of the molecule is CCOc1nc2ccccc2cc1C(N)=O. The molecule has 2 rings (SSSR count). The largest absolute Gasteiger partial charge is 0.477 e. The first-order chi connectivity index (χ1) is 7.72. The molecular weight excluding hydrogens is 204 g/mol. The van der Waals surface area contributed by atoms with Gasteiger partial charge in [-0.15, -0.1) is 0 Å². The number of nitrogens with two attached hydrogens (primary N) is 1. The van der Waals surface area contributed by atoms with Crippen LogP contribution in [0.25, 0.3) is 10.9 Å². The number of rotatable bonds is 3. The standard InChI is InChI=1S/C12H12N2O2/c1-2-16-12-9(11(13)15)7-8-5-3-4-6-10(8)14-12/h3-7H,2H2,1H3,(H2,13,15). The molecule has 2 N–H and O–H groups in total. The third-order valence-electron chi connectivity index (χ3n) is 2.24. The number of primary amides is 1. The van der Waals surface area contributed by atoms with Gasteiger partial charge in [0.25, 0.3) is 5.91 Å². The highest BCUT2D eigenvalue weighted by Gasteiger charge is 2.12. The van der Waals surface area contributed by atoms with Crippen LogP contribution in [0.1, 0.15) is 17.3 Å². The summed E-state index contributed by atoms with van der Waals surface area (Å²) in [6.45, 7) is 2.28. The number of pyridine rings is 1. The Labute approximate surface area is 93.0 Å². The van der Waals surface area contributed by atoms with Crippen LogP contribution in [0.2, 0.25) is 0 Å². The number of hydrogen-bond donors (Lipinski definition) is 1. The van der Waals surface area contributed by atoms with Crippen LogP contribution in [0.4, 0.5) is 0 Å². The van der Waals surface area contributed by atoms with Crippen molar-refractivity contribution in [2.45, 2.75) is 6.92 Å². The third-order valence-corrected chi connectivity index (χ3v) is 2.24. The van der Waals surface area contributed by atoms with Crippen LogP contribution in [0, 0.1) is 0 Å². The summed E-state index contributed by atoms with van der Waals surface area (Å²) >= 11 is 0. The Balaban J connectivity index is 2.65. The van der Waals surface area contributed by atoms with Gasteiger partial charge in [-0.1, -0.05) is 18.2 Å². The van der Waals surface area contributed by atoms with Gasteiger partial charge in [0.2, 0.25) is 5.88 Å². The Hall–Kier alpha value is -2.10. The Bertz CT molecular complexity index is 538. The van der Waals surface area contributed by atoms with E-state index in [0.717, 1.165) is 10.9 Å². The van der Waals surface area contributed by atoms with Crippen molar-refractivity contribution in [2.75, 3.05) is 6.61 Å². The van der Waals surface area contributed by atoms with Crippen molar-refractivity contribution in [3.8, 4) is 5.88 Å². The summed E-state index contributed by atoms with van der Waals surface area (Å²) in [7, 11) is 0. The van der Waals surface area contributed by atoms with Crippen molar-refractivity contribution in [3.63, 3.8) is 0 Å². The van der Waals surface area contributed by atoms with Crippen molar-refractivity contribution in [1.82, 2.24) is 4.98 Å². The highest BCUT2D eigenvalue weighted by molar-refractivity contribution is 5.98. The molecule has 1 amide bonds. The van der Waals surface area contributed by atoms with Crippen LogP contribution in [0.15, 0.2) is 30.3 Å². The fraction of sp³-hybridized carbons (Fsp3) is 0.167. The number of fused-ring (bicyclic) bond motifs is 1. The van der Waals surface area contributed by atoms with Gasteiger partial charge in [0.15, 0.2) is 0 Å². The number of para-hydroxylation sites is 1. The number of amides is 1. The Morgan fingerprint density at radius 3 is 2.88 bits per heavy atom. The molecule has 1 heterocycles. The molecule has 0 aliphatic heterocycles. The van der Waals surface area contributed by atoms with Gasteiger partial charge in [0, 0.05) is 5.39 Å². The molecule has 4 nitrogen and oxygen atoms in total. The number of aromatic nitrogens is 1. The summed E-state index contributed by atoms with van der Waals surface area (Å²) in [5.74, 6) is -0.226. The van der Waals surface area contributed by atoms with E-state index in [1.54, 1.807) is 6.07 Å². The van der Waals surface area contributed by atoms with E-state index in [1.807, 2.05) is 31.2 Å². The molecule has 0 bridgehead atoms. The van der Waals surface area contributed by atoms with Gasteiger partial charge in [0.1, 0.15) is 5.56 Å². The second-order valence-corrected chi connectivity index (χ2v) is 3.33. The van der Waals surface area contributed by atoms with E-state index in [0.29, 0.717) is 18.1 Å². The second kappa shape index (κ2) is 4.18. The minimum absolute atomic E-state index is 0.300. The van der Waals surface area contributed by atoms with E-state index >= 15 is 0 Å². The van der Waals surface area contributed by atoms with Gasteiger partial charge in [-0.2, -0.15) is 0 Å². The van der Waals surface area contributed by atoms with E-state index in [1.165, 1.54) is 0 Å². The number of hydrogen-bond acceptors (Lipinski definition) is 3. The Morgan fingerprint density at radius 2 is 2.19 bits per heavy atom. The highest BCUT2D eigenvalue weighted by Crippen LogP contribution is 2.21. The molecule has 4 heteroatoms. The van der Waals surface area contributed by atoms with Crippen LogP contribution in [-0.4, -0.2) is 17.5 Å². The quantitative estimate of drug-likeness (QED) is 0.849. The van der Waals surface area contributed by atoms with Gasteiger partial charge in [-0.25, -0.2) is 4.98 Å². The van der Waals surface area contributed by atoms with Crippen molar-refractivity contribution < 1.29 is 9.53 Å². The average molecular weight is 216 g/mol. The highest BCUT2D eigenvalue weighted by atomic mass is 16.5. The molecule has 2 aromatic rings. The molecule has 0 radical (unpaired) electrons. The fourth-order valence-corrected chi connectivity index (χ4v) is 1.52. The van der Waals surface area contributed by atoms with Gasteiger partial charge < -0.3 is 10.5 Å². The number of ether oxygens (including phenoxy) is 1. The molecule has 0 saturated heterocycles. The van der Waals surface area contributed by atoms with Gasteiger partial charge in [-0.05, 0) is 19.1 Å².